The van der Waals surface area contributed by atoms with E-state index in [1.807, 2.05) is 0 Å². The molecule has 1 aliphatic carbocycles. The third kappa shape index (κ3) is 1.30. The van der Waals surface area contributed by atoms with E-state index in [4.69, 9.17) is 0 Å². The number of hydrogen-bond donors (Lipinski definition) is 1. The average molecular weight is 166 g/mol. The topological polar surface area (TPSA) is 63.6 Å². The Morgan fingerprint density at radius 3 is 3.17 bits per heavy atom. The Labute approximate surface area is 69.1 Å². The molecule has 0 saturated carbocycles. The van der Waals surface area contributed by atoms with Crippen molar-refractivity contribution in [3.8, 4) is 0 Å². The second-order valence-electron chi connectivity index (χ2n) is 2.92. The van der Waals surface area contributed by atoms with Gasteiger partial charge in [0.15, 0.2) is 0 Å². The van der Waals surface area contributed by atoms with Crippen LogP contribution in [0.15, 0.2) is 16.4 Å². The molecular formula is C7H10N4O. The predicted octanol–water partition coefficient (Wildman–Crippen LogP) is 0.0767. The van der Waals surface area contributed by atoms with Crippen molar-refractivity contribution in [3.05, 3.63) is 22.1 Å². The Morgan fingerprint density at radius 1 is 1.67 bits per heavy atom. The van der Waals surface area contributed by atoms with Gasteiger partial charge in [-0.2, -0.15) is 4.68 Å². The fourth-order valence-electron chi connectivity index (χ4n) is 1.39. The van der Waals surface area contributed by atoms with Crippen LogP contribution in [0.3, 0.4) is 0 Å². The van der Waals surface area contributed by atoms with Crippen LogP contribution in [0.2, 0.25) is 0 Å². The molecule has 0 spiro atoms. The summed E-state index contributed by atoms with van der Waals surface area (Å²) in [6, 6.07) is 0. The SMILES string of the molecule is O=c1[nH]nnn1CC1=CCCC1. The lowest BCUT2D eigenvalue weighted by molar-refractivity contribution is 0.614. The molecule has 5 nitrogen and oxygen atoms in total. The molecule has 0 aromatic carbocycles. The van der Waals surface area contributed by atoms with Gasteiger partial charge < -0.3 is 0 Å². The van der Waals surface area contributed by atoms with E-state index >= 15 is 0 Å². The highest BCUT2D eigenvalue weighted by Crippen LogP contribution is 2.17. The number of hydrogen-bond acceptors (Lipinski definition) is 3. The summed E-state index contributed by atoms with van der Waals surface area (Å²) < 4.78 is 1.34. The van der Waals surface area contributed by atoms with Gasteiger partial charge in [-0.25, -0.2) is 9.89 Å². The summed E-state index contributed by atoms with van der Waals surface area (Å²) in [5.74, 6) is 0. The molecule has 2 rings (SSSR count). The first kappa shape index (κ1) is 7.27. The zero-order valence-electron chi connectivity index (χ0n) is 6.66. The van der Waals surface area contributed by atoms with Crippen LogP contribution in [-0.4, -0.2) is 20.2 Å². The zero-order chi connectivity index (χ0) is 8.39. The summed E-state index contributed by atoms with van der Waals surface area (Å²) in [5, 5.41) is 9.31. The maximum absolute atomic E-state index is 11.0. The van der Waals surface area contributed by atoms with Gasteiger partial charge in [-0.15, -0.1) is 0 Å². The van der Waals surface area contributed by atoms with Gasteiger partial charge in [0.25, 0.3) is 0 Å². The third-order valence-corrected chi connectivity index (χ3v) is 2.02. The van der Waals surface area contributed by atoms with Gasteiger partial charge in [0.05, 0.1) is 6.54 Å². The molecule has 1 aromatic heterocycles. The third-order valence-electron chi connectivity index (χ3n) is 2.02. The highest BCUT2D eigenvalue weighted by atomic mass is 16.2. The van der Waals surface area contributed by atoms with Crippen molar-refractivity contribution < 1.29 is 0 Å². The van der Waals surface area contributed by atoms with Gasteiger partial charge >= 0.3 is 5.69 Å². The highest BCUT2D eigenvalue weighted by molar-refractivity contribution is 5.06. The predicted molar refractivity (Wildman–Crippen MR) is 42.6 cm³/mol. The second kappa shape index (κ2) is 2.92. The molecule has 5 heteroatoms. The lowest BCUT2D eigenvalue weighted by atomic mass is 10.2. The van der Waals surface area contributed by atoms with Crippen LogP contribution in [0.5, 0.6) is 0 Å². The summed E-state index contributed by atoms with van der Waals surface area (Å²) >= 11 is 0. The summed E-state index contributed by atoms with van der Waals surface area (Å²) in [6.07, 6.45) is 5.57. The average Bonchev–Trinajstić information content (AvgIpc) is 2.65. The molecule has 0 unspecified atom stereocenters. The minimum atomic E-state index is -0.234. The molecule has 1 N–H and O–H groups in total. The molecule has 0 atom stereocenters. The maximum Gasteiger partial charge on any atom is 0.361 e. The molecule has 1 aromatic rings. The van der Waals surface area contributed by atoms with E-state index in [1.165, 1.54) is 16.7 Å². The monoisotopic (exact) mass is 166 g/mol. The number of rotatable bonds is 2. The maximum atomic E-state index is 11.0. The lowest BCUT2D eigenvalue weighted by Gasteiger charge is -1.97. The standard InChI is InChI=1S/C7H10N4O/c12-7-8-9-10-11(7)5-6-3-1-2-4-6/h3H,1-2,4-5H2,(H,8,10,12). The van der Waals surface area contributed by atoms with Crippen molar-refractivity contribution >= 4 is 0 Å². The fraction of sp³-hybridized carbons (Fsp3) is 0.571. The van der Waals surface area contributed by atoms with Crippen molar-refractivity contribution in [2.24, 2.45) is 0 Å². The van der Waals surface area contributed by atoms with E-state index < -0.39 is 0 Å². The summed E-state index contributed by atoms with van der Waals surface area (Å²) in [4.78, 5) is 11.0. The first-order valence-corrected chi connectivity index (χ1v) is 4.02. The Bertz CT molecular complexity index is 348. The molecule has 0 amide bonds. The van der Waals surface area contributed by atoms with Crippen molar-refractivity contribution in [3.63, 3.8) is 0 Å². The molecule has 1 aliphatic rings. The van der Waals surface area contributed by atoms with Crippen molar-refractivity contribution in [1.29, 1.82) is 0 Å². The van der Waals surface area contributed by atoms with Crippen LogP contribution < -0.4 is 5.69 Å². The summed E-state index contributed by atoms with van der Waals surface area (Å²) in [5.41, 5.74) is 1.05. The van der Waals surface area contributed by atoms with Gasteiger partial charge in [0.1, 0.15) is 0 Å². The lowest BCUT2D eigenvalue weighted by Crippen LogP contribution is -2.18. The molecule has 64 valence electrons. The van der Waals surface area contributed by atoms with E-state index in [-0.39, 0.29) is 5.69 Å². The number of H-pyrrole nitrogens is 1. The largest absolute Gasteiger partial charge is 0.361 e. The van der Waals surface area contributed by atoms with Crippen LogP contribution in [0.25, 0.3) is 0 Å². The number of nitrogens with zero attached hydrogens (tertiary/aromatic N) is 3. The quantitative estimate of drug-likeness (QED) is 0.632. The Kier molecular flexibility index (Phi) is 1.77. The first-order valence-electron chi connectivity index (χ1n) is 4.02. The first-order chi connectivity index (χ1) is 5.86. The Morgan fingerprint density at radius 2 is 2.58 bits per heavy atom. The number of tetrazole rings is 1. The smallest absolute Gasteiger partial charge is 0.245 e. The number of allylic oxidation sites excluding steroid dienone is 2. The molecule has 12 heavy (non-hydrogen) atoms. The summed E-state index contributed by atoms with van der Waals surface area (Å²) in [7, 11) is 0. The van der Waals surface area contributed by atoms with Crippen LogP contribution >= 0.6 is 0 Å². The van der Waals surface area contributed by atoms with Gasteiger partial charge in [-0.1, -0.05) is 11.6 Å². The number of aromatic nitrogens is 4. The molecule has 0 saturated heterocycles. The second-order valence-corrected chi connectivity index (χ2v) is 2.92. The van der Waals surface area contributed by atoms with E-state index in [0.717, 1.165) is 12.8 Å². The normalized spacial score (nSPS) is 16.5. The van der Waals surface area contributed by atoms with Gasteiger partial charge in [0.2, 0.25) is 0 Å². The molecular weight excluding hydrogens is 156 g/mol. The van der Waals surface area contributed by atoms with Gasteiger partial charge in [-0.3, -0.25) is 0 Å². The minimum Gasteiger partial charge on any atom is -0.245 e. The Balaban J connectivity index is 2.13. The van der Waals surface area contributed by atoms with Gasteiger partial charge in [-0.05, 0) is 29.7 Å². The van der Waals surface area contributed by atoms with Crippen LogP contribution in [0.1, 0.15) is 19.3 Å². The van der Waals surface area contributed by atoms with Crippen LogP contribution in [0.4, 0.5) is 0 Å². The van der Waals surface area contributed by atoms with Gasteiger partial charge in [0, 0.05) is 0 Å². The van der Waals surface area contributed by atoms with E-state index in [1.54, 1.807) is 0 Å². The summed E-state index contributed by atoms with van der Waals surface area (Å²) in [6.45, 7) is 0.593. The van der Waals surface area contributed by atoms with Crippen LogP contribution in [0, 0.1) is 0 Å². The van der Waals surface area contributed by atoms with Crippen molar-refractivity contribution in [1.82, 2.24) is 20.2 Å². The molecule has 0 bridgehead atoms. The van der Waals surface area contributed by atoms with E-state index in [0.29, 0.717) is 6.54 Å². The van der Waals surface area contributed by atoms with Crippen molar-refractivity contribution in [2.75, 3.05) is 0 Å². The molecule has 0 aliphatic heterocycles. The molecule has 1 heterocycles. The number of nitrogens with one attached hydrogen (secondary N) is 1. The molecule has 0 radical (unpaired) electrons. The van der Waals surface area contributed by atoms with E-state index in [2.05, 4.69) is 21.6 Å². The minimum absolute atomic E-state index is 0.234. The number of aromatic amines is 1. The molecule has 0 fully saturated rings. The van der Waals surface area contributed by atoms with Crippen LogP contribution in [-0.2, 0) is 6.54 Å². The highest BCUT2D eigenvalue weighted by Gasteiger charge is 2.07. The zero-order valence-corrected chi connectivity index (χ0v) is 6.66. The Hall–Kier alpha value is -1.39. The van der Waals surface area contributed by atoms with Crippen molar-refractivity contribution in [2.45, 2.75) is 25.8 Å². The van der Waals surface area contributed by atoms with E-state index in [9.17, 15) is 4.79 Å². The fourth-order valence-corrected chi connectivity index (χ4v) is 1.39.